The lowest BCUT2D eigenvalue weighted by Gasteiger charge is -2.36. The van der Waals surface area contributed by atoms with Crippen molar-refractivity contribution < 1.29 is 22.7 Å². The van der Waals surface area contributed by atoms with Crippen molar-refractivity contribution >= 4 is 6.03 Å². The quantitative estimate of drug-likeness (QED) is 0.925. The van der Waals surface area contributed by atoms with Crippen LogP contribution in [0.25, 0.3) is 0 Å². The van der Waals surface area contributed by atoms with Crippen molar-refractivity contribution in [2.45, 2.75) is 18.9 Å². The average Bonchev–Trinajstić information content (AvgIpc) is 2.78. The Labute approximate surface area is 125 Å². The van der Waals surface area contributed by atoms with Gasteiger partial charge in [0.25, 0.3) is 0 Å². The van der Waals surface area contributed by atoms with E-state index in [1.165, 1.54) is 12.1 Å². The second-order valence-electron chi connectivity index (χ2n) is 5.46. The Morgan fingerprint density at radius 3 is 2.91 bits per heavy atom. The molecule has 2 heterocycles. The predicted molar refractivity (Wildman–Crippen MR) is 72.3 cm³/mol. The normalized spacial score (nSPS) is 22.4. The van der Waals surface area contributed by atoms with E-state index in [1.54, 1.807) is 17.0 Å². The Balaban J connectivity index is 1.62. The first-order valence-corrected chi connectivity index (χ1v) is 7.02. The molecule has 120 valence electrons. The molecule has 2 saturated heterocycles. The second-order valence-corrected chi connectivity index (χ2v) is 5.46. The Hall–Kier alpha value is -1.96. The van der Waals surface area contributed by atoms with Crippen LogP contribution in [0.5, 0.6) is 5.75 Å². The summed E-state index contributed by atoms with van der Waals surface area (Å²) in [6.07, 6.45) is -4.68. The van der Waals surface area contributed by atoms with E-state index in [2.05, 4.69) is 15.0 Å². The van der Waals surface area contributed by atoms with Crippen LogP contribution in [0.3, 0.4) is 0 Å². The molecule has 2 fully saturated rings. The highest BCUT2D eigenvalue weighted by molar-refractivity contribution is 5.77. The van der Waals surface area contributed by atoms with Crippen molar-refractivity contribution in [3.63, 3.8) is 0 Å². The maximum absolute atomic E-state index is 12.2. The first-order valence-electron chi connectivity index (χ1n) is 7.02. The summed E-state index contributed by atoms with van der Waals surface area (Å²) >= 11 is 0. The van der Waals surface area contributed by atoms with E-state index >= 15 is 0 Å². The molecule has 22 heavy (non-hydrogen) atoms. The van der Waals surface area contributed by atoms with E-state index in [4.69, 9.17) is 0 Å². The van der Waals surface area contributed by atoms with E-state index in [1.807, 2.05) is 0 Å². The largest absolute Gasteiger partial charge is 0.573 e. The third-order valence-electron chi connectivity index (χ3n) is 3.85. The first kappa shape index (κ1) is 15.0. The van der Waals surface area contributed by atoms with Gasteiger partial charge in [-0.25, -0.2) is 4.79 Å². The fourth-order valence-electron chi connectivity index (χ4n) is 2.91. The fourth-order valence-corrected chi connectivity index (χ4v) is 2.91. The smallest absolute Gasteiger partial charge is 0.406 e. The highest BCUT2D eigenvalue weighted by Gasteiger charge is 2.35. The number of hydrogen-bond acceptors (Lipinski definition) is 3. The van der Waals surface area contributed by atoms with Crippen LogP contribution < -0.4 is 10.1 Å². The van der Waals surface area contributed by atoms with Crippen molar-refractivity contribution in [3.8, 4) is 5.75 Å². The van der Waals surface area contributed by atoms with E-state index in [0.29, 0.717) is 32.7 Å². The minimum Gasteiger partial charge on any atom is -0.406 e. The number of alkyl halides is 3. The number of halogens is 3. The van der Waals surface area contributed by atoms with Crippen LogP contribution >= 0.6 is 0 Å². The Kier molecular flexibility index (Phi) is 3.86. The molecule has 0 unspecified atom stereocenters. The standard InChI is InChI=1S/C14H16F3N3O2/c15-14(16,17)22-12-3-1-2-10(6-12)8-19-4-5-20-11(9-19)7-18-13(20)21/h1-3,6,11H,4-5,7-9H2,(H,18,21)/t11-/m0/s1. The van der Waals surface area contributed by atoms with Crippen LogP contribution in [0.2, 0.25) is 0 Å². The molecule has 2 amide bonds. The number of amides is 2. The first-order chi connectivity index (χ1) is 10.4. The second kappa shape index (κ2) is 5.68. The summed E-state index contributed by atoms with van der Waals surface area (Å²) in [5.41, 5.74) is 0.757. The van der Waals surface area contributed by atoms with Gasteiger partial charge in [0, 0.05) is 32.7 Å². The third-order valence-corrected chi connectivity index (χ3v) is 3.85. The Morgan fingerprint density at radius 1 is 1.32 bits per heavy atom. The van der Waals surface area contributed by atoms with Gasteiger partial charge in [-0.2, -0.15) is 0 Å². The number of hydrogen-bond donors (Lipinski definition) is 1. The van der Waals surface area contributed by atoms with E-state index in [0.717, 1.165) is 5.56 Å². The summed E-state index contributed by atoms with van der Waals surface area (Å²) in [7, 11) is 0. The number of nitrogens with zero attached hydrogens (tertiary/aromatic N) is 2. The SMILES string of the molecule is O=C1NC[C@H]2CN(Cc3cccc(OC(F)(F)F)c3)CCN12. The third kappa shape index (κ3) is 3.44. The minimum atomic E-state index is -4.68. The summed E-state index contributed by atoms with van der Waals surface area (Å²) in [6.45, 7) is 3.20. The van der Waals surface area contributed by atoms with Crippen LogP contribution in [0, 0.1) is 0 Å². The molecule has 0 bridgehead atoms. The zero-order valence-corrected chi connectivity index (χ0v) is 11.8. The van der Waals surface area contributed by atoms with Crippen LogP contribution in [0.4, 0.5) is 18.0 Å². The maximum atomic E-state index is 12.2. The Bertz CT molecular complexity index is 565. The lowest BCUT2D eigenvalue weighted by Crippen LogP contribution is -2.51. The fraction of sp³-hybridized carbons (Fsp3) is 0.500. The molecule has 0 saturated carbocycles. The number of carbonyl (C=O) groups is 1. The van der Waals surface area contributed by atoms with Crippen LogP contribution in [-0.4, -0.2) is 54.4 Å². The van der Waals surface area contributed by atoms with Gasteiger partial charge in [0.15, 0.2) is 0 Å². The van der Waals surface area contributed by atoms with Gasteiger partial charge in [-0.1, -0.05) is 12.1 Å². The predicted octanol–water partition coefficient (Wildman–Crippen LogP) is 1.79. The van der Waals surface area contributed by atoms with Gasteiger partial charge in [0.2, 0.25) is 0 Å². The van der Waals surface area contributed by atoms with Gasteiger partial charge in [-0.05, 0) is 17.7 Å². The highest BCUT2D eigenvalue weighted by Crippen LogP contribution is 2.24. The van der Waals surface area contributed by atoms with Gasteiger partial charge in [-0.3, -0.25) is 4.90 Å². The summed E-state index contributed by atoms with van der Waals surface area (Å²) in [5.74, 6) is -0.207. The zero-order valence-electron chi connectivity index (χ0n) is 11.8. The number of fused-ring (bicyclic) bond motifs is 1. The molecule has 8 heteroatoms. The van der Waals surface area contributed by atoms with Gasteiger partial charge in [0.1, 0.15) is 5.75 Å². The molecular weight excluding hydrogens is 299 g/mol. The molecule has 1 atom stereocenters. The number of nitrogens with one attached hydrogen (secondary N) is 1. The monoisotopic (exact) mass is 315 g/mol. The molecule has 0 aliphatic carbocycles. The molecule has 2 aliphatic heterocycles. The summed E-state index contributed by atoms with van der Waals surface area (Å²) in [4.78, 5) is 15.5. The maximum Gasteiger partial charge on any atom is 0.573 e. The molecular formula is C14H16F3N3O2. The number of urea groups is 1. The van der Waals surface area contributed by atoms with Crippen LogP contribution in [0.15, 0.2) is 24.3 Å². The van der Waals surface area contributed by atoms with Gasteiger partial charge in [-0.15, -0.1) is 13.2 Å². The van der Waals surface area contributed by atoms with Crippen molar-refractivity contribution in [2.75, 3.05) is 26.2 Å². The number of carbonyl (C=O) groups excluding carboxylic acids is 1. The van der Waals surface area contributed by atoms with E-state index < -0.39 is 6.36 Å². The molecule has 1 aromatic rings. The number of rotatable bonds is 3. The van der Waals surface area contributed by atoms with Crippen molar-refractivity contribution in [3.05, 3.63) is 29.8 Å². The van der Waals surface area contributed by atoms with Crippen LogP contribution in [-0.2, 0) is 6.54 Å². The molecule has 1 aromatic carbocycles. The van der Waals surface area contributed by atoms with Gasteiger partial charge in [0.05, 0.1) is 6.04 Å². The molecule has 0 aromatic heterocycles. The van der Waals surface area contributed by atoms with Crippen molar-refractivity contribution in [2.24, 2.45) is 0 Å². The molecule has 3 rings (SSSR count). The highest BCUT2D eigenvalue weighted by atomic mass is 19.4. The lowest BCUT2D eigenvalue weighted by molar-refractivity contribution is -0.274. The molecule has 0 radical (unpaired) electrons. The summed E-state index contributed by atoms with van der Waals surface area (Å²) in [6, 6.07) is 6.11. The number of ether oxygens (including phenoxy) is 1. The molecule has 5 nitrogen and oxygen atoms in total. The molecule has 2 aliphatic rings. The summed E-state index contributed by atoms with van der Waals surface area (Å²) in [5, 5.41) is 2.80. The van der Waals surface area contributed by atoms with Crippen LogP contribution in [0.1, 0.15) is 5.56 Å². The summed E-state index contributed by atoms with van der Waals surface area (Å²) < 4.78 is 40.6. The number of piperazine rings is 1. The van der Waals surface area contributed by atoms with Crippen molar-refractivity contribution in [1.82, 2.24) is 15.1 Å². The molecule has 0 spiro atoms. The number of benzene rings is 1. The average molecular weight is 315 g/mol. The minimum absolute atomic E-state index is 0.0368. The van der Waals surface area contributed by atoms with Gasteiger partial charge >= 0.3 is 12.4 Å². The Morgan fingerprint density at radius 2 is 2.14 bits per heavy atom. The van der Waals surface area contributed by atoms with E-state index in [9.17, 15) is 18.0 Å². The molecule has 1 N–H and O–H groups in total. The van der Waals surface area contributed by atoms with Crippen molar-refractivity contribution in [1.29, 1.82) is 0 Å². The van der Waals surface area contributed by atoms with Gasteiger partial charge < -0.3 is 15.0 Å². The zero-order chi connectivity index (χ0) is 15.7. The topological polar surface area (TPSA) is 44.8 Å². The van der Waals surface area contributed by atoms with E-state index in [-0.39, 0.29) is 17.8 Å². The lowest BCUT2D eigenvalue weighted by atomic mass is 10.1.